The number of hydrogen-bond acceptors (Lipinski definition) is 5. The summed E-state index contributed by atoms with van der Waals surface area (Å²) in [6, 6.07) is 10.2. The van der Waals surface area contributed by atoms with E-state index >= 15 is 0 Å². The highest BCUT2D eigenvalue weighted by Crippen LogP contribution is 2.36. The van der Waals surface area contributed by atoms with Crippen molar-refractivity contribution in [2.45, 2.75) is 33.6 Å². The summed E-state index contributed by atoms with van der Waals surface area (Å²) in [4.78, 5) is 22.6. The number of fused-ring (bicyclic) bond motifs is 1. The van der Waals surface area contributed by atoms with E-state index in [2.05, 4.69) is 36.9 Å². The SMILES string of the molecule is Cc1ccc(C)c(CC(=O)N(CCCN2CCOCC2)c2nc3c(C)ccc(Cl)c3s2)c1. The van der Waals surface area contributed by atoms with Gasteiger partial charge in [0.15, 0.2) is 5.13 Å². The van der Waals surface area contributed by atoms with Crippen LogP contribution in [-0.2, 0) is 16.0 Å². The van der Waals surface area contributed by atoms with E-state index in [1.54, 1.807) is 0 Å². The standard InChI is InChI=1S/C25H30ClN3O2S/c1-17-5-6-18(2)20(15-17)16-22(30)29(10-4-9-28-11-13-31-14-12-28)25-27-23-19(3)7-8-21(26)24(23)32-25/h5-8,15H,4,9-14,16H2,1-3H3. The highest BCUT2D eigenvalue weighted by molar-refractivity contribution is 7.23. The van der Waals surface area contributed by atoms with E-state index < -0.39 is 0 Å². The molecule has 0 atom stereocenters. The fraction of sp³-hybridized carbons (Fsp3) is 0.440. The molecule has 170 valence electrons. The molecule has 0 radical (unpaired) electrons. The minimum Gasteiger partial charge on any atom is -0.379 e. The molecule has 0 bridgehead atoms. The predicted molar refractivity (Wildman–Crippen MR) is 133 cm³/mol. The van der Waals surface area contributed by atoms with Gasteiger partial charge in [-0.25, -0.2) is 4.98 Å². The molecule has 0 aliphatic carbocycles. The number of carbonyl (C=O) groups is 1. The molecule has 2 heterocycles. The number of carbonyl (C=O) groups excluding carboxylic acids is 1. The van der Waals surface area contributed by atoms with Gasteiger partial charge in [-0.2, -0.15) is 0 Å². The van der Waals surface area contributed by atoms with E-state index in [4.69, 9.17) is 21.3 Å². The Morgan fingerprint density at radius 1 is 1.16 bits per heavy atom. The lowest BCUT2D eigenvalue weighted by Gasteiger charge is -2.28. The second-order valence-electron chi connectivity index (χ2n) is 8.50. The Kier molecular flexibility index (Phi) is 7.46. The van der Waals surface area contributed by atoms with Crippen molar-refractivity contribution in [2.24, 2.45) is 0 Å². The number of nitrogens with zero attached hydrogens (tertiary/aromatic N) is 3. The molecular weight excluding hydrogens is 442 g/mol. The molecule has 1 amide bonds. The van der Waals surface area contributed by atoms with Crippen molar-refractivity contribution in [1.82, 2.24) is 9.88 Å². The lowest BCUT2D eigenvalue weighted by molar-refractivity contribution is -0.118. The van der Waals surface area contributed by atoms with Crippen LogP contribution in [0.4, 0.5) is 5.13 Å². The molecule has 2 aromatic carbocycles. The van der Waals surface area contributed by atoms with Crippen LogP contribution in [0.5, 0.6) is 0 Å². The summed E-state index contributed by atoms with van der Waals surface area (Å²) in [5, 5.41) is 1.41. The van der Waals surface area contributed by atoms with E-state index in [1.165, 1.54) is 16.9 Å². The largest absolute Gasteiger partial charge is 0.379 e. The molecule has 4 rings (SSSR count). The maximum atomic E-state index is 13.5. The van der Waals surface area contributed by atoms with Crippen LogP contribution in [0.15, 0.2) is 30.3 Å². The number of thiazole rings is 1. The minimum atomic E-state index is 0.0773. The number of benzene rings is 2. The Balaban J connectivity index is 1.58. The third-order valence-electron chi connectivity index (χ3n) is 6.02. The predicted octanol–water partition coefficient (Wildman–Crippen LogP) is 5.17. The van der Waals surface area contributed by atoms with Crippen molar-refractivity contribution in [3.05, 3.63) is 57.6 Å². The van der Waals surface area contributed by atoms with E-state index in [0.29, 0.717) is 18.0 Å². The Hall–Kier alpha value is -1.99. The maximum Gasteiger partial charge on any atom is 0.233 e. The molecule has 1 fully saturated rings. The van der Waals surface area contributed by atoms with Gasteiger partial charge in [0.1, 0.15) is 0 Å². The van der Waals surface area contributed by atoms with Crippen LogP contribution >= 0.6 is 22.9 Å². The third kappa shape index (κ3) is 5.31. The first-order chi connectivity index (χ1) is 15.4. The first-order valence-corrected chi connectivity index (χ1v) is 12.3. The number of anilines is 1. The van der Waals surface area contributed by atoms with Gasteiger partial charge in [0.25, 0.3) is 0 Å². The summed E-state index contributed by atoms with van der Waals surface area (Å²) >= 11 is 7.96. The number of aryl methyl sites for hydroxylation is 3. The molecular formula is C25H30ClN3O2S. The average Bonchev–Trinajstić information content (AvgIpc) is 3.23. The van der Waals surface area contributed by atoms with Crippen LogP contribution in [0.1, 0.15) is 28.7 Å². The molecule has 1 aliphatic heterocycles. The maximum absolute atomic E-state index is 13.5. The van der Waals surface area contributed by atoms with E-state index in [1.807, 2.05) is 24.0 Å². The second kappa shape index (κ2) is 10.3. The fourth-order valence-electron chi connectivity index (χ4n) is 4.06. The van der Waals surface area contributed by atoms with Crippen molar-refractivity contribution in [3.63, 3.8) is 0 Å². The van der Waals surface area contributed by atoms with Crippen LogP contribution < -0.4 is 4.90 Å². The molecule has 3 aromatic rings. The van der Waals surface area contributed by atoms with Crippen molar-refractivity contribution >= 4 is 44.2 Å². The number of morpholine rings is 1. The van der Waals surface area contributed by atoms with Crippen molar-refractivity contribution in [2.75, 3.05) is 44.3 Å². The Morgan fingerprint density at radius 3 is 2.66 bits per heavy atom. The van der Waals surface area contributed by atoms with Gasteiger partial charge in [0.05, 0.1) is 34.9 Å². The summed E-state index contributed by atoms with van der Waals surface area (Å²) < 4.78 is 6.39. The lowest BCUT2D eigenvalue weighted by atomic mass is 10.0. The van der Waals surface area contributed by atoms with Crippen LogP contribution in [0, 0.1) is 20.8 Å². The van der Waals surface area contributed by atoms with Gasteiger partial charge in [-0.05, 0) is 49.9 Å². The number of amides is 1. The molecule has 7 heteroatoms. The number of hydrogen-bond donors (Lipinski definition) is 0. The molecule has 32 heavy (non-hydrogen) atoms. The Morgan fingerprint density at radius 2 is 1.91 bits per heavy atom. The zero-order valence-electron chi connectivity index (χ0n) is 19.0. The Bertz CT molecular complexity index is 1070. The lowest BCUT2D eigenvalue weighted by Crippen LogP contribution is -2.39. The van der Waals surface area contributed by atoms with Crippen molar-refractivity contribution in [1.29, 1.82) is 0 Å². The molecule has 1 aromatic heterocycles. The quantitative estimate of drug-likeness (QED) is 0.476. The van der Waals surface area contributed by atoms with E-state index in [-0.39, 0.29) is 5.91 Å². The smallest absolute Gasteiger partial charge is 0.233 e. The second-order valence-corrected chi connectivity index (χ2v) is 9.88. The topological polar surface area (TPSA) is 45.7 Å². The molecule has 1 aliphatic rings. The normalized spacial score (nSPS) is 14.8. The monoisotopic (exact) mass is 471 g/mol. The molecule has 0 saturated carbocycles. The zero-order valence-corrected chi connectivity index (χ0v) is 20.6. The molecule has 0 unspecified atom stereocenters. The summed E-state index contributed by atoms with van der Waals surface area (Å²) in [6.07, 6.45) is 1.26. The zero-order chi connectivity index (χ0) is 22.7. The van der Waals surface area contributed by atoms with Gasteiger partial charge in [0, 0.05) is 26.2 Å². The van der Waals surface area contributed by atoms with Gasteiger partial charge in [-0.1, -0.05) is 52.8 Å². The van der Waals surface area contributed by atoms with Crippen molar-refractivity contribution < 1.29 is 9.53 Å². The first-order valence-electron chi connectivity index (χ1n) is 11.1. The van der Waals surface area contributed by atoms with Gasteiger partial charge in [0.2, 0.25) is 5.91 Å². The van der Waals surface area contributed by atoms with Crippen LogP contribution in [0.25, 0.3) is 10.2 Å². The molecule has 5 nitrogen and oxygen atoms in total. The number of rotatable bonds is 7. The molecule has 1 saturated heterocycles. The highest BCUT2D eigenvalue weighted by atomic mass is 35.5. The third-order valence-corrected chi connectivity index (χ3v) is 7.56. The van der Waals surface area contributed by atoms with Crippen molar-refractivity contribution in [3.8, 4) is 0 Å². The van der Waals surface area contributed by atoms with Crippen LogP contribution in [-0.4, -0.2) is 55.2 Å². The highest BCUT2D eigenvalue weighted by Gasteiger charge is 2.22. The number of halogens is 1. The van der Waals surface area contributed by atoms with Crippen LogP contribution in [0.3, 0.4) is 0 Å². The van der Waals surface area contributed by atoms with E-state index in [0.717, 1.165) is 71.3 Å². The summed E-state index contributed by atoms with van der Waals surface area (Å²) in [5.41, 5.74) is 5.33. The number of aromatic nitrogens is 1. The van der Waals surface area contributed by atoms with Gasteiger partial charge < -0.3 is 4.74 Å². The Labute approximate surface area is 199 Å². The molecule has 0 N–H and O–H groups in total. The van der Waals surface area contributed by atoms with Gasteiger partial charge in [-0.3, -0.25) is 14.6 Å². The summed E-state index contributed by atoms with van der Waals surface area (Å²) in [5.74, 6) is 0.0773. The first kappa shape index (κ1) is 23.2. The van der Waals surface area contributed by atoms with Gasteiger partial charge >= 0.3 is 0 Å². The average molecular weight is 472 g/mol. The van der Waals surface area contributed by atoms with Crippen LogP contribution in [0.2, 0.25) is 5.02 Å². The number of ether oxygens (including phenoxy) is 1. The van der Waals surface area contributed by atoms with Gasteiger partial charge in [-0.15, -0.1) is 0 Å². The molecule has 0 spiro atoms. The summed E-state index contributed by atoms with van der Waals surface area (Å²) in [6.45, 7) is 11.2. The fourth-order valence-corrected chi connectivity index (χ4v) is 5.42. The minimum absolute atomic E-state index is 0.0773. The summed E-state index contributed by atoms with van der Waals surface area (Å²) in [7, 11) is 0. The van der Waals surface area contributed by atoms with E-state index in [9.17, 15) is 4.79 Å².